The predicted molar refractivity (Wildman–Crippen MR) is 107 cm³/mol. The maximum atomic E-state index is 7.04. The number of rotatable bonds is 7. The topological polar surface area (TPSA) is 21.8 Å². The van der Waals surface area contributed by atoms with Crippen molar-refractivity contribution in [2.75, 3.05) is 6.61 Å². The molecule has 0 N–H and O–H groups in total. The number of hydrogen-bond donors (Lipinski definition) is 0. The fraction of sp³-hybridized carbons (Fsp3) is 0.455. The van der Waals surface area contributed by atoms with Crippen LogP contribution in [0.2, 0.25) is 5.04 Å². The summed E-state index contributed by atoms with van der Waals surface area (Å²) in [6, 6.07) is 21.7. The van der Waals surface area contributed by atoms with Gasteiger partial charge in [0, 0.05) is 6.10 Å². The average Bonchev–Trinajstić information content (AvgIpc) is 3.43. The molecule has 0 aliphatic carbocycles. The van der Waals surface area contributed by atoms with Crippen molar-refractivity contribution >= 4 is 18.7 Å². The Labute approximate surface area is 153 Å². The fourth-order valence-corrected chi connectivity index (χ4v) is 8.44. The summed E-state index contributed by atoms with van der Waals surface area (Å²) in [6.45, 7) is 10.1. The van der Waals surface area contributed by atoms with Crippen LogP contribution >= 0.6 is 0 Å². The van der Waals surface area contributed by atoms with Crippen molar-refractivity contribution in [2.45, 2.75) is 57.8 Å². The maximum Gasteiger partial charge on any atom is 0.261 e. The average molecular weight is 355 g/mol. The first-order chi connectivity index (χ1) is 11.9. The highest BCUT2D eigenvalue weighted by atomic mass is 28.4. The van der Waals surface area contributed by atoms with E-state index in [2.05, 4.69) is 88.4 Å². The van der Waals surface area contributed by atoms with Crippen molar-refractivity contribution in [3.63, 3.8) is 0 Å². The molecule has 0 aromatic heterocycles. The van der Waals surface area contributed by atoms with Gasteiger partial charge in [-0.1, -0.05) is 81.4 Å². The molecule has 1 heterocycles. The van der Waals surface area contributed by atoms with Gasteiger partial charge in [-0.25, -0.2) is 0 Å². The van der Waals surface area contributed by atoms with Crippen molar-refractivity contribution in [3.8, 4) is 0 Å². The van der Waals surface area contributed by atoms with Crippen LogP contribution in [0.1, 0.15) is 40.5 Å². The molecule has 1 aliphatic rings. The third kappa shape index (κ3) is 4.05. The smallest absolute Gasteiger partial charge is 0.261 e. The molecule has 3 heteroatoms. The van der Waals surface area contributed by atoms with Crippen LogP contribution in [0, 0.1) is 0 Å². The van der Waals surface area contributed by atoms with Crippen molar-refractivity contribution in [1.82, 2.24) is 0 Å². The number of epoxide rings is 1. The summed E-state index contributed by atoms with van der Waals surface area (Å²) >= 11 is 0. The fourth-order valence-electron chi connectivity index (χ4n) is 3.71. The normalized spacial score (nSPS) is 18.8. The van der Waals surface area contributed by atoms with Crippen LogP contribution in [-0.4, -0.2) is 27.1 Å². The maximum absolute atomic E-state index is 7.04. The molecular formula is C22H30O2Si. The first kappa shape index (κ1) is 18.4. The van der Waals surface area contributed by atoms with Gasteiger partial charge in [-0.15, -0.1) is 0 Å². The zero-order chi connectivity index (χ0) is 17.9. The Balaban J connectivity index is 2.01. The summed E-state index contributed by atoms with van der Waals surface area (Å²) in [4.78, 5) is 0. The van der Waals surface area contributed by atoms with Gasteiger partial charge in [0.1, 0.15) is 0 Å². The minimum Gasteiger partial charge on any atom is -0.405 e. The number of benzene rings is 2. The standard InChI is InChI=1S/C22H30O2Si/c1-18(15-16-19-17-23-19)24-25(22(2,3)4,20-11-7-5-8-12-20)21-13-9-6-10-14-21/h5-14,18-19H,15-17H2,1-4H3/t18-,19+/m1/s1. The van der Waals surface area contributed by atoms with Crippen LogP contribution in [-0.2, 0) is 9.16 Å². The van der Waals surface area contributed by atoms with Gasteiger partial charge in [0.2, 0.25) is 0 Å². The van der Waals surface area contributed by atoms with Crippen LogP contribution in [0.4, 0.5) is 0 Å². The molecule has 2 aromatic carbocycles. The van der Waals surface area contributed by atoms with E-state index >= 15 is 0 Å². The van der Waals surface area contributed by atoms with Gasteiger partial charge >= 0.3 is 0 Å². The largest absolute Gasteiger partial charge is 0.405 e. The summed E-state index contributed by atoms with van der Waals surface area (Å²) in [5.74, 6) is 0. The monoisotopic (exact) mass is 354 g/mol. The summed E-state index contributed by atoms with van der Waals surface area (Å²) < 4.78 is 12.4. The summed E-state index contributed by atoms with van der Waals surface area (Å²) in [5.41, 5.74) is 0. The minimum absolute atomic E-state index is 0.0417. The molecular weight excluding hydrogens is 324 g/mol. The highest BCUT2D eigenvalue weighted by Gasteiger charge is 2.50. The van der Waals surface area contributed by atoms with Crippen LogP contribution in [0.25, 0.3) is 0 Å². The molecule has 1 fully saturated rings. The van der Waals surface area contributed by atoms with E-state index in [1.54, 1.807) is 0 Å². The van der Waals surface area contributed by atoms with Crippen LogP contribution < -0.4 is 10.4 Å². The highest BCUT2D eigenvalue weighted by molar-refractivity contribution is 6.99. The van der Waals surface area contributed by atoms with Gasteiger partial charge < -0.3 is 9.16 Å². The molecule has 0 spiro atoms. The Kier molecular flexibility index (Phi) is 5.47. The van der Waals surface area contributed by atoms with E-state index in [0.717, 1.165) is 19.4 Å². The molecule has 2 nitrogen and oxygen atoms in total. The lowest BCUT2D eigenvalue weighted by atomic mass is 10.2. The van der Waals surface area contributed by atoms with Crippen molar-refractivity contribution in [1.29, 1.82) is 0 Å². The van der Waals surface area contributed by atoms with Crippen LogP contribution in [0.5, 0.6) is 0 Å². The van der Waals surface area contributed by atoms with E-state index in [9.17, 15) is 0 Å². The van der Waals surface area contributed by atoms with Crippen molar-refractivity contribution < 1.29 is 9.16 Å². The predicted octanol–water partition coefficient (Wildman–Crippen LogP) is 4.13. The lowest BCUT2D eigenvalue weighted by Gasteiger charge is -2.44. The molecule has 134 valence electrons. The van der Waals surface area contributed by atoms with E-state index in [1.165, 1.54) is 10.4 Å². The van der Waals surface area contributed by atoms with Crippen LogP contribution in [0.3, 0.4) is 0 Å². The van der Waals surface area contributed by atoms with E-state index in [4.69, 9.17) is 9.16 Å². The Morgan fingerprint density at radius 2 is 1.48 bits per heavy atom. The van der Waals surface area contributed by atoms with Gasteiger partial charge in [0.25, 0.3) is 8.32 Å². The molecule has 0 saturated carbocycles. The SMILES string of the molecule is C[C@H](CC[C@H]1CO1)O[Si](c1ccccc1)(c1ccccc1)C(C)(C)C. The summed E-state index contributed by atoms with van der Waals surface area (Å²) in [7, 11) is -2.40. The van der Waals surface area contributed by atoms with Gasteiger partial charge in [-0.2, -0.15) is 0 Å². The molecule has 3 rings (SSSR count). The third-order valence-corrected chi connectivity index (χ3v) is 10.3. The van der Waals surface area contributed by atoms with Crippen molar-refractivity contribution in [2.24, 2.45) is 0 Å². The Bertz CT molecular complexity index is 620. The first-order valence-corrected chi connectivity index (χ1v) is 11.2. The van der Waals surface area contributed by atoms with E-state index < -0.39 is 8.32 Å². The zero-order valence-corrected chi connectivity index (χ0v) is 16.9. The summed E-state index contributed by atoms with van der Waals surface area (Å²) in [5, 5.41) is 2.74. The minimum atomic E-state index is -2.40. The molecule has 25 heavy (non-hydrogen) atoms. The lowest BCUT2D eigenvalue weighted by molar-refractivity contribution is 0.188. The summed E-state index contributed by atoms with van der Waals surface area (Å²) in [6.07, 6.45) is 2.83. The molecule has 0 unspecified atom stereocenters. The molecule has 2 aromatic rings. The molecule has 0 radical (unpaired) electrons. The second-order valence-electron chi connectivity index (χ2n) is 8.12. The molecule has 2 atom stereocenters. The van der Waals surface area contributed by atoms with Crippen molar-refractivity contribution in [3.05, 3.63) is 60.7 Å². The Morgan fingerprint density at radius 1 is 1.00 bits per heavy atom. The first-order valence-electron chi connectivity index (χ1n) is 9.34. The van der Waals surface area contributed by atoms with E-state index in [-0.39, 0.29) is 11.1 Å². The lowest BCUT2D eigenvalue weighted by Crippen LogP contribution is -2.67. The van der Waals surface area contributed by atoms with Gasteiger partial charge in [0.05, 0.1) is 12.7 Å². The second kappa shape index (κ2) is 7.44. The highest BCUT2D eigenvalue weighted by Crippen LogP contribution is 2.38. The van der Waals surface area contributed by atoms with Crippen LogP contribution in [0.15, 0.2) is 60.7 Å². The Hall–Kier alpha value is -1.42. The van der Waals surface area contributed by atoms with E-state index in [1.807, 2.05) is 0 Å². The molecule has 0 amide bonds. The number of hydrogen-bond acceptors (Lipinski definition) is 2. The van der Waals surface area contributed by atoms with Gasteiger partial charge in [0.15, 0.2) is 0 Å². The quantitative estimate of drug-likeness (QED) is 0.551. The van der Waals surface area contributed by atoms with Gasteiger partial charge in [-0.3, -0.25) is 0 Å². The third-order valence-electron chi connectivity index (χ3n) is 5.09. The second-order valence-corrected chi connectivity index (χ2v) is 12.4. The van der Waals surface area contributed by atoms with Gasteiger partial charge in [-0.05, 0) is 35.2 Å². The molecule has 0 bridgehead atoms. The molecule has 1 saturated heterocycles. The number of ether oxygens (including phenoxy) is 1. The Morgan fingerprint density at radius 3 is 1.88 bits per heavy atom. The zero-order valence-electron chi connectivity index (χ0n) is 15.9. The van der Waals surface area contributed by atoms with E-state index in [0.29, 0.717) is 6.10 Å². The molecule has 1 aliphatic heterocycles.